The van der Waals surface area contributed by atoms with Crippen LogP contribution in [-0.2, 0) is 11.2 Å². The summed E-state index contributed by atoms with van der Waals surface area (Å²) in [6, 6.07) is 7.25. The molecule has 7 nitrogen and oxygen atoms in total. The number of rotatable bonds is 6. The number of hydrogen-bond donors (Lipinski definition) is 0. The van der Waals surface area contributed by atoms with Crippen molar-refractivity contribution >= 4 is 44.7 Å². The molecule has 1 fully saturated rings. The van der Waals surface area contributed by atoms with Crippen LogP contribution >= 0.6 is 27.3 Å². The number of carbonyl (C=O) groups is 1. The van der Waals surface area contributed by atoms with Crippen molar-refractivity contribution in [3.63, 3.8) is 0 Å². The quantitative estimate of drug-likeness (QED) is 0.509. The first-order valence-corrected chi connectivity index (χ1v) is 10.0. The number of nitro groups is 1. The smallest absolute Gasteiger partial charge is 0.287 e. The van der Waals surface area contributed by atoms with Gasteiger partial charge < -0.3 is 9.80 Å². The van der Waals surface area contributed by atoms with E-state index in [-0.39, 0.29) is 11.6 Å². The maximum absolute atomic E-state index is 12.4. The van der Waals surface area contributed by atoms with Crippen molar-refractivity contribution in [2.24, 2.45) is 0 Å². The molecule has 1 saturated heterocycles. The lowest BCUT2D eigenvalue weighted by Gasteiger charge is -2.35. The van der Waals surface area contributed by atoms with Gasteiger partial charge in [-0.05, 0) is 47.0 Å². The van der Waals surface area contributed by atoms with Crippen molar-refractivity contribution in [2.45, 2.75) is 19.3 Å². The molecule has 0 saturated carbocycles. The largest absolute Gasteiger partial charge is 0.353 e. The number of pyridine rings is 1. The van der Waals surface area contributed by atoms with Crippen LogP contribution in [0.1, 0.15) is 17.7 Å². The Labute approximate surface area is 163 Å². The van der Waals surface area contributed by atoms with Crippen molar-refractivity contribution in [3.8, 4) is 0 Å². The third kappa shape index (κ3) is 4.79. The summed E-state index contributed by atoms with van der Waals surface area (Å²) in [5.74, 6) is 0.905. The molecular formula is C17H19BrN4O3S. The van der Waals surface area contributed by atoms with Gasteiger partial charge in [-0.1, -0.05) is 0 Å². The van der Waals surface area contributed by atoms with Crippen LogP contribution in [0.4, 0.5) is 11.5 Å². The molecule has 1 aliphatic heterocycles. The van der Waals surface area contributed by atoms with E-state index < -0.39 is 4.92 Å². The lowest BCUT2D eigenvalue weighted by atomic mass is 10.2. The van der Waals surface area contributed by atoms with Crippen molar-refractivity contribution in [3.05, 3.63) is 49.2 Å². The lowest BCUT2D eigenvalue weighted by molar-refractivity contribution is -0.385. The molecule has 1 amide bonds. The van der Waals surface area contributed by atoms with Gasteiger partial charge in [-0.15, -0.1) is 11.3 Å². The molecule has 2 aromatic heterocycles. The fourth-order valence-corrected chi connectivity index (χ4v) is 4.44. The number of amides is 1. The first-order valence-electron chi connectivity index (χ1n) is 8.40. The molecule has 0 spiro atoms. The molecule has 9 heteroatoms. The Balaban J connectivity index is 1.43. The number of thiophene rings is 1. The normalized spacial score (nSPS) is 14.5. The van der Waals surface area contributed by atoms with E-state index in [0.29, 0.717) is 38.4 Å². The van der Waals surface area contributed by atoms with Gasteiger partial charge in [0.05, 0.1) is 8.71 Å². The first kappa shape index (κ1) is 18.8. The highest BCUT2D eigenvalue weighted by Crippen LogP contribution is 2.23. The lowest BCUT2D eigenvalue weighted by Crippen LogP contribution is -2.49. The van der Waals surface area contributed by atoms with Crippen LogP contribution < -0.4 is 4.90 Å². The maximum atomic E-state index is 12.4. The number of piperazine rings is 1. The summed E-state index contributed by atoms with van der Waals surface area (Å²) in [6.07, 6.45) is 3.62. The zero-order valence-corrected chi connectivity index (χ0v) is 16.5. The average molecular weight is 439 g/mol. The van der Waals surface area contributed by atoms with E-state index in [1.807, 2.05) is 11.0 Å². The molecule has 3 rings (SSSR count). The summed E-state index contributed by atoms with van der Waals surface area (Å²) < 4.78 is 1.12. The minimum Gasteiger partial charge on any atom is -0.353 e. The van der Waals surface area contributed by atoms with Gasteiger partial charge in [0, 0.05) is 43.5 Å². The second kappa shape index (κ2) is 8.59. The molecule has 0 unspecified atom stereocenters. The van der Waals surface area contributed by atoms with Crippen molar-refractivity contribution in [1.82, 2.24) is 9.88 Å². The molecular weight excluding hydrogens is 420 g/mol. The van der Waals surface area contributed by atoms with Crippen molar-refractivity contribution in [2.75, 3.05) is 31.1 Å². The number of nitrogens with zero attached hydrogens (tertiary/aromatic N) is 4. The van der Waals surface area contributed by atoms with Crippen LogP contribution in [0.25, 0.3) is 0 Å². The first-order chi connectivity index (χ1) is 12.5. The standard InChI is InChI=1S/C17H19BrN4O3S/c18-15-6-5-14(26-15)2-1-3-17(23)21-10-8-20(9-11-21)16-7-4-13(12-19-16)22(24)25/h4-7,12H,1-3,8-11H2. The van der Waals surface area contributed by atoms with Crippen LogP contribution in [0.3, 0.4) is 0 Å². The van der Waals surface area contributed by atoms with Gasteiger partial charge in [-0.25, -0.2) is 4.98 Å². The minimum absolute atomic E-state index is 0.0136. The monoisotopic (exact) mass is 438 g/mol. The Hall–Kier alpha value is -2.00. The third-order valence-corrected chi connectivity index (χ3v) is 6.03. The minimum atomic E-state index is -0.456. The van der Waals surface area contributed by atoms with Crippen LogP contribution in [0.5, 0.6) is 0 Å². The fourth-order valence-electron chi connectivity index (χ4n) is 2.92. The van der Waals surface area contributed by atoms with Gasteiger partial charge >= 0.3 is 0 Å². The molecule has 0 atom stereocenters. The highest BCUT2D eigenvalue weighted by molar-refractivity contribution is 9.11. The number of anilines is 1. The molecule has 26 heavy (non-hydrogen) atoms. The summed E-state index contributed by atoms with van der Waals surface area (Å²) >= 11 is 5.16. The Morgan fingerprint density at radius 2 is 2.00 bits per heavy atom. The van der Waals surface area contributed by atoms with Gasteiger partial charge in [0.1, 0.15) is 12.0 Å². The SMILES string of the molecule is O=C(CCCc1ccc(Br)s1)N1CCN(c2ccc([N+](=O)[O-])cn2)CC1. The van der Waals surface area contributed by atoms with Gasteiger partial charge in [-0.3, -0.25) is 14.9 Å². The third-order valence-electron chi connectivity index (χ3n) is 4.34. The molecule has 0 aromatic carbocycles. The number of carbonyl (C=O) groups excluding carboxylic acids is 1. The van der Waals surface area contributed by atoms with Gasteiger partial charge in [-0.2, -0.15) is 0 Å². The molecule has 0 bridgehead atoms. The maximum Gasteiger partial charge on any atom is 0.287 e. The van der Waals surface area contributed by atoms with Crippen LogP contribution in [0.15, 0.2) is 34.2 Å². The van der Waals surface area contributed by atoms with Gasteiger partial charge in [0.2, 0.25) is 5.91 Å². The highest BCUT2D eigenvalue weighted by Gasteiger charge is 2.22. The van der Waals surface area contributed by atoms with Crippen molar-refractivity contribution < 1.29 is 9.72 Å². The average Bonchev–Trinajstić information content (AvgIpc) is 3.07. The van der Waals surface area contributed by atoms with E-state index in [1.54, 1.807) is 17.4 Å². The second-order valence-corrected chi connectivity index (χ2v) is 8.61. The summed E-state index contributed by atoms with van der Waals surface area (Å²) in [4.78, 5) is 32.0. The Bertz CT molecular complexity index is 773. The van der Waals surface area contributed by atoms with E-state index in [1.165, 1.54) is 17.1 Å². The zero-order valence-electron chi connectivity index (χ0n) is 14.1. The summed E-state index contributed by atoms with van der Waals surface area (Å²) in [6.45, 7) is 2.69. The number of aryl methyl sites for hydroxylation is 1. The summed E-state index contributed by atoms with van der Waals surface area (Å²) in [7, 11) is 0. The van der Waals surface area contributed by atoms with E-state index in [4.69, 9.17) is 0 Å². The molecule has 0 radical (unpaired) electrons. The molecule has 1 aliphatic rings. The van der Waals surface area contributed by atoms with Crippen molar-refractivity contribution in [1.29, 1.82) is 0 Å². The van der Waals surface area contributed by atoms with Gasteiger partial charge in [0.25, 0.3) is 5.69 Å². The number of hydrogen-bond acceptors (Lipinski definition) is 6. The predicted octanol–water partition coefficient (Wildman–Crippen LogP) is 3.49. The van der Waals surface area contributed by atoms with Gasteiger partial charge in [0.15, 0.2) is 0 Å². The Kier molecular flexibility index (Phi) is 6.20. The molecule has 2 aromatic rings. The highest BCUT2D eigenvalue weighted by atomic mass is 79.9. The van der Waals surface area contributed by atoms with E-state index in [0.717, 1.165) is 16.6 Å². The zero-order chi connectivity index (χ0) is 18.5. The Morgan fingerprint density at radius 3 is 2.58 bits per heavy atom. The molecule has 138 valence electrons. The number of halogens is 1. The summed E-state index contributed by atoms with van der Waals surface area (Å²) in [5.41, 5.74) is -0.0136. The Morgan fingerprint density at radius 1 is 1.23 bits per heavy atom. The van der Waals surface area contributed by atoms with Crippen LogP contribution in [0.2, 0.25) is 0 Å². The summed E-state index contributed by atoms with van der Waals surface area (Å²) in [5, 5.41) is 10.7. The van der Waals surface area contributed by atoms with Crippen LogP contribution in [0, 0.1) is 10.1 Å². The van der Waals surface area contributed by atoms with Crippen LogP contribution in [-0.4, -0.2) is 46.9 Å². The number of aromatic nitrogens is 1. The van der Waals surface area contributed by atoms with E-state index in [9.17, 15) is 14.9 Å². The predicted molar refractivity (Wildman–Crippen MR) is 105 cm³/mol. The second-order valence-electron chi connectivity index (χ2n) is 6.06. The van der Waals surface area contributed by atoms with E-state index >= 15 is 0 Å². The molecule has 0 aliphatic carbocycles. The molecule has 0 N–H and O–H groups in total. The van der Waals surface area contributed by atoms with E-state index in [2.05, 4.69) is 31.9 Å². The topological polar surface area (TPSA) is 79.6 Å². The molecule has 3 heterocycles. The fraction of sp³-hybridized carbons (Fsp3) is 0.412.